The van der Waals surface area contributed by atoms with E-state index < -0.39 is 5.97 Å². The molecular weight excluding hydrogens is 220 g/mol. The quantitative estimate of drug-likeness (QED) is 0.873. The first-order valence-corrected chi connectivity index (χ1v) is 6.05. The first-order chi connectivity index (χ1) is 8.13. The number of aliphatic carboxylic acids is 1. The van der Waals surface area contributed by atoms with Crippen LogP contribution in [-0.4, -0.2) is 28.6 Å². The first-order valence-electron chi connectivity index (χ1n) is 6.05. The standard InChI is InChI=1S/C12H18N2O3/c1-3-10-9(11(15)16)5-4-6-14(10)12-13-8(2)7-17-12/h7,9-10H,3-6H2,1-2H3,(H,15,16)/t9-,10+/m0/s1. The van der Waals surface area contributed by atoms with E-state index in [1.165, 1.54) is 0 Å². The van der Waals surface area contributed by atoms with Crippen molar-refractivity contribution in [3.05, 3.63) is 12.0 Å². The van der Waals surface area contributed by atoms with Crippen LogP contribution in [0.3, 0.4) is 0 Å². The monoisotopic (exact) mass is 238 g/mol. The summed E-state index contributed by atoms with van der Waals surface area (Å²) in [4.78, 5) is 17.5. The van der Waals surface area contributed by atoms with E-state index in [4.69, 9.17) is 4.42 Å². The van der Waals surface area contributed by atoms with E-state index in [1.54, 1.807) is 6.26 Å². The van der Waals surface area contributed by atoms with Crippen LogP contribution in [0.2, 0.25) is 0 Å². The molecule has 5 nitrogen and oxygen atoms in total. The lowest BCUT2D eigenvalue weighted by Crippen LogP contribution is -2.48. The number of carboxylic acids is 1. The summed E-state index contributed by atoms with van der Waals surface area (Å²) in [5.74, 6) is -1.04. The summed E-state index contributed by atoms with van der Waals surface area (Å²) in [6.45, 7) is 4.70. The fraction of sp³-hybridized carbons (Fsp3) is 0.667. The van der Waals surface area contributed by atoms with Gasteiger partial charge in [-0.2, -0.15) is 4.98 Å². The Morgan fingerprint density at radius 2 is 2.47 bits per heavy atom. The lowest BCUT2D eigenvalue weighted by Gasteiger charge is -2.38. The molecule has 0 aliphatic carbocycles. The van der Waals surface area contributed by atoms with Gasteiger partial charge in [-0.05, 0) is 26.2 Å². The van der Waals surface area contributed by atoms with Crippen molar-refractivity contribution >= 4 is 12.0 Å². The number of carboxylic acid groups (broad SMARTS) is 1. The summed E-state index contributed by atoms with van der Waals surface area (Å²) in [5, 5.41) is 9.23. The number of nitrogens with zero attached hydrogens (tertiary/aromatic N) is 2. The third-order valence-electron chi connectivity index (χ3n) is 3.37. The Kier molecular flexibility index (Phi) is 3.36. The predicted molar refractivity (Wildman–Crippen MR) is 63.0 cm³/mol. The molecule has 2 atom stereocenters. The second-order valence-corrected chi connectivity index (χ2v) is 4.53. The summed E-state index contributed by atoms with van der Waals surface area (Å²) in [7, 11) is 0. The maximum absolute atomic E-state index is 11.2. The van der Waals surface area contributed by atoms with E-state index in [9.17, 15) is 9.90 Å². The molecule has 0 unspecified atom stereocenters. The van der Waals surface area contributed by atoms with Crippen molar-refractivity contribution in [2.75, 3.05) is 11.4 Å². The van der Waals surface area contributed by atoms with Gasteiger partial charge in [0, 0.05) is 12.6 Å². The van der Waals surface area contributed by atoms with Crippen LogP contribution in [0.25, 0.3) is 0 Å². The van der Waals surface area contributed by atoms with Crippen molar-refractivity contribution in [1.82, 2.24) is 4.98 Å². The molecule has 2 heterocycles. The molecule has 1 aromatic rings. The molecule has 17 heavy (non-hydrogen) atoms. The highest BCUT2D eigenvalue weighted by molar-refractivity contribution is 5.72. The molecular formula is C12H18N2O3. The van der Waals surface area contributed by atoms with Crippen LogP contribution >= 0.6 is 0 Å². The number of aromatic nitrogens is 1. The van der Waals surface area contributed by atoms with Gasteiger partial charge < -0.3 is 14.4 Å². The molecule has 0 spiro atoms. The van der Waals surface area contributed by atoms with E-state index >= 15 is 0 Å². The van der Waals surface area contributed by atoms with Crippen molar-refractivity contribution < 1.29 is 14.3 Å². The van der Waals surface area contributed by atoms with Crippen molar-refractivity contribution in [3.8, 4) is 0 Å². The second-order valence-electron chi connectivity index (χ2n) is 4.53. The van der Waals surface area contributed by atoms with Crippen molar-refractivity contribution in [2.24, 2.45) is 5.92 Å². The number of carbonyl (C=O) groups is 1. The van der Waals surface area contributed by atoms with E-state index in [0.717, 1.165) is 31.5 Å². The summed E-state index contributed by atoms with van der Waals surface area (Å²) < 4.78 is 5.39. The zero-order valence-corrected chi connectivity index (χ0v) is 10.2. The number of oxazole rings is 1. The molecule has 94 valence electrons. The topological polar surface area (TPSA) is 66.6 Å². The van der Waals surface area contributed by atoms with Crippen LogP contribution in [0.5, 0.6) is 0 Å². The summed E-state index contributed by atoms with van der Waals surface area (Å²) >= 11 is 0. The summed E-state index contributed by atoms with van der Waals surface area (Å²) in [6, 6.07) is 0.541. The Hall–Kier alpha value is -1.52. The zero-order chi connectivity index (χ0) is 12.4. The molecule has 0 aromatic carbocycles. The number of rotatable bonds is 3. The molecule has 1 aliphatic heterocycles. The van der Waals surface area contributed by atoms with Gasteiger partial charge in [-0.15, -0.1) is 0 Å². The third kappa shape index (κ3) is 2.28. The SMILES string of the molecule is CC[C@@H]1[C@@H](C(=O)O)CCCN1c1nc(C)co1. The zero-order valence-electron chi connectivity index (χ0n) is 10.2. The van der Waals surface area contributed by atoms with Crippen molar-refractivity contribution in [1.29, 1.82) is 0 Å². The van der Waals surface area contributed by atoms with Gasteiger partial charge in [0.25, 0.3) is 6.01 Å². The van der Waals surface area contributed by atoms with Crippen LogP contribution < -0.4 is 4.90 Å². The molecule has 0 amide bonds. The lowest BCUT2D eigenvalue weighted by molar-refractivity contribution is -0.143. The highest BCUT2D eigenvalue weighted by Gasteiger charge is 2.36. The highest BCUT2D eigenvalue weighted by Crippen LogP contribution is 2.30. The van der Waals surface area contributed by atoms with E-state index in [2.05, 4.69) is 4.98 Å². The summed E-state index contributed by atoms with van der Waals surface area (Å²) in [5.41, 5.74) is 0.826. The molecule has 1 aromatic heterocycles. The average molecular weight is 238 g/mol. The molecule has 0 radical (unpaired) electrons. The Labute approximate surface area is 100 Å². The Balaban J connectivity index is 2.23. The molecule has 0 bridgehead atoms. The van der Waals surface area contributed by atoms with Crippen LogP contribution in [0.4, 0.5) is 6.01 Å². The minimum atomic E-state index is -0.718. The van der Waals surface area contributed by atoms with Crippen molar-refractivity contribution in [3.63, 3.8) is 0 Å². The van der Waals surface area contributed by atoms with E-state index in [1.807, 2.05) is 18.7 Å². The van der Waals surface area contributed by atoms with E-state index in [0.29, 0.717) is 6.01 Å². The van der Waals surface area contributed by atoms with Crippen LogP contribution in [-0.2, 0) is 4.79 Å². The van der Waals surface area contributed by atoms with E-state index in [-0.39, 0.29) is 12.0 Å². The number of hydrogen-bond donors (Lipinski definition) is 1. The molecule has 1 saturated heterocycles. The van der Waals surface area contributed by atoms with Crippen LogP contribution in [0, 0.1) is 12.8 Å². The molecule has 1 N–H and O–H groups in total. The number of anilines is 1. The minimum absolute atomic E-state index is 0.0145. The smallest absolute Gasteiger partial charge is 0.308 e. The Morgan fingerprint density at radius 1 is 1.71 bits per heavy atom. The largest absolute Gasteiger partial charge is 0.481 e. The Bertz CT molecular complexity index is 402. The Morgan fingerprint density at radius 3 is 3.00 bits per heavy atom. The maximum atomic E-state index is 11.2. The van der Waals surface area contributed by atoms with Gasteiger partial charge in [-0.3, -0.25) is 4.79 Å². The van der Waals surface area contributed by atoms with Gasteiger partial charge in [0.15, 0.2) is 0 Å². The predicted octanol–water partition coefficient (Wildman–Crippen LogP) is 2.06. The van der Waals surface area contributed by atoms with Crippen molar-refractivity contribution in [2.45, 2.75) is 39.2 Å². The van der Waals surface area contributed by atoms with Gasteiger partial charge in [-0.25, -0.2) is 0 Å². The first kappa shape index (κ1) is 12.0. The average Bonchev–Trinajstić information content (AvgIpc) is 2.74. The fourth-order valence-electron chi connectivity index (χ4n) is 2.56. The third-order valence-corrected chi connectivity index (χ3v) is 3.37. The lowest BCUT2D eigenvalue weighted by atomic mass is 9.88. The molecule has 2 rings (SSSR count). The highest BCUT2D eigenvalue weighted by atomic mass is 16.4. The summed E-state index contributed by atoms with van der Waals surface area (Å²) in [6.07, 6.45) is 4.00. The van der Waals surface area contributed by atoms with Gasteiger partial charge in [0.1, 0.15) is 6.26 Å². The van der Waals surface area contributed by atoms with Gasteiger partial charge in [-0.1, -0.05) is 6.92 Å². The normalized spacial score (nSPS) is 24.9. The fourth-order valence-corrected chi connectivity index (χ4v) is 2.56. The van der Waals surface area contributed by atoms with Crippen LogP contribution in [0.1, 0.15) is 31.9 Å². The molecule has 0 saturated carbocycles. The van der Waals surface area contributed by atoms with Gasteiger partial charge >= 0.3 is 5.97 Å². The number of hydrogen-bond acceptors (Lipinski definition) is 4. The van der Waals surface area contributed by atoms with Gasteiger partial charge in [0.05, 0.1) is 11.6 Å². The number of aryl methyl sites for hydroxylation is 1. The second kappa shape index (κ2) is 4.77. The molecule has 5 heteroatoms. The van der Waals surface area contributed by atoms with Gasteiger partial charge in [0.2, 0.25) is 0 Å². The van der Waals surface area contributed by atoms with Crippen LogP contribution in [0.15, 0.2) is 10.7 Å². The molecule has 1 fully saturated rings. The number of piperidine rings is 1. The minimum Gasteiger partial charge on any atom is -0.481 e. The molecule has 1 aliphatic rings. The maximum Gasteiger partial charge on any atom is 0.308 e.